The minimum Gasteiger partial charge on any atom is -0.386 e. The van der Waals surface area contributed by atoms with E-state index in [2.05, 4.69) is 19.9 Å². The van der Waals surface area contributed by atoms with Crippen LogP contribution in [0.3, 0.4) is 0 Å². The molecule has 2 unspecified atom stereocenters. The van der Waals surface area contributed by atoms with E-state index in [-0.39, 0.29) is 6.10 Å². The van der Waals surface area contributed by atoms with Crippen LogP contribution in [0.25, 0.3) is 0 Å². The normalized spacial score (nSPS) is 19.1. The van der Waals surface area contributed by atoms with Crippen LogP contribution in [-0.4, -0.2) is 17.8 Å². The standard InChI is InChI=1S/C15H22O2/c1-4-17-15(12-8-9-12)14(16)13-7-5-6-10(2)11(13)3/h5-7,12,14-16H,4,8-9H2,1-3H3. The zero-order valence-corrected chi connectivity index (χ0v) is 10.9. The molecule has 1 aromatic carbocycles. The molecule has 2 heteroatoms. The van der Waals surface area contributed by atoms with E-state index in [0.29, 0.717) is 12.5 Å². The predicted octanol–water partition coefficient (Wildman–Crippen LogP) is 3.15. The Kier molecular flexibility index (Phi) is 3.85. The van der Waals surface area contributed by atoms with Gasteiger partial charge in [0.05, 0.1) is 6.10 Å². The maximum Gasteiger partial charge on any atom is 0.106 e. The summed E-state index contributed by atoms with van der Waals surface area (Å²) < 4.78 is 5.73. The van der Waals surface area contributed by atoms with E-state index in [1.165, 1.54) is 24.0 Å². The number of hydrogen-bond donors (Lipinski definition) is 1. The van der Waals surface area contributed by atoms with Crippen LogP contribution < -0.4 is 0 Å². The van der Waals surface area contributed by atoms with Gasteiger partial charge in [-0.2, -0.15) is 0 Å². The summed E-state index contributed by atoms with van der Waals surface area (Å²) in [5, 5.41) is 10.5. The molecule has 0 bridgehead atoms. The monoisotopic (exact) mass is 234 g/mol. The lowest BCUT2D eigenvalue weighted by atomic mass is 9.94. The van der Waals surface area contributed by atoms with Gasteiger partial charge in [0.15, 0.2) is 0 Å². The van der Waals surface area contributed by atoms with Crippen molar-refractivity contribution in [3.05, 3.63) is 34.9 Å². The number of aliphatic hydroxyl groups excluding tert-OH is 1. The molecule has 0 aromatic heterocycles. The van der Waals surface area contributed by atoms with Gasteiger partial charge in [0.25, 0.3) is 0 Å². The van der Waals surface area contributed by atoms with Gasteiger partial charge in [-0.05, 0) is 56.2 Å². The van der Waals surface area contributed by atoms with Crippen LogP contribution in [0.2, 0.25) is 0 Å². The van der Waals surface area contributed by atoms with Crippen molar-refractivity contribution in [3.8, 4) is 0 Å². The van der Waals surface area contributed by atoms with Crippen LogP contribution in [0.5, 0.6) is 0 Å². The summed E-state index contributed by atoms with van der Waals surface area (Å²) in [6.45, 7) is 6.82. The Bertz CT molecular complexity index is 383. The van der Waals surface area contributed by atoms with Gasteiger partial charge < -0.3 is 9.84 Å². The van der Waals surface area contributed by atoms with Gasteiger partial charge in [0.2, 0.25) is 0 Å². The van der Waals surface area contributed by atoms with Crippen LogP contribution in [0.4, 0.5) is 0 Å². The maximum atomic E-state index is 10.5. The third kappa shape index (κ3) is 2.70. The van der Waals surface area contributed by atoms with Gasteiger partial charge in [-0.1, -0.05) is 18.2 Å². The molecule has 1 N–H and O–H groups in total. The van der Waals surface area contributed by atoms with Crippen LogP contribution >= 0.6 is 0 Å². The van der Waals surface area contributed by atoms with E-state index >= 15 is 0 Å². The smallest absolute Gasteiger partial charge is 0.106 e. The first-order valence-electron chi connectivity index (χ1n) is 6.51. The number of rotatable bonds is 5. The maximum absolute atomic E-state index is 10.5. The molecule has 0 spiro atoms. The molecule has 1 fully saturated rings. The average molecular weight is 234 g/mol. The largest absolute Gasteiger partial charge is 0.386 e. The molecule has 2 rings (SSSR count). The van der Waals surface area contributed by atoms with Crippen molar-refractivity contribution in [2.45, 2.75) is 45.8 Å². The Hall–Kier alpha value is -0.860. The number of ether oxygens (including phenoxy) is 1. The minimum absolute atomic E-state index is 0.0273. The molecule has 0 amide bonds. The fourth-order valence-electron chi connectivity index (χ4n) is 2.37. The Balaban J connectivity index is 2.21. The van der Waals surface area contributed by atoms with Crippen molar-refractivity contribution in [1.82, 2.24) is 0 Å². The topological polar surface area (TPSA) is 29.5 Å². The van der Waals surface area contributed by atoms with Gasteiger partial charge in [-0.25, -0.2) is 0 Å². The number of aryl methyl sites for hydroxylation is 1. The average Bonchev–Trinajstić information content (AvgIpc) is 3.13. The van der Waals surface area contributed by atoms with Crippen molar-refractivity contribution in [2.75, 3.05) is 6.61 Å². The zero-order chi connectivity index (χ0) is 12.4. The van der Waals surface area contributed by atoms with E-state index in [1.54, 1.807) is 0 Å². The van der Waals surface area contributed by atoms with Crippen molar-refractivity contribution in [1.29, 1.82) is 0 Å². The molecule has 0 saturated heterocycles. The van der Waals surface area contributed by atoms with Gasteiger partial charge in [0.1, 0.15) is 6.10 Å². The van der Waals surface area contributed by atoms with Gasteiger partial charge in [0, 0.05) is 6.61 Å². The highest BCUT2D eigenvalue weighted by molar-refractivity contribution is 5.35. The first kappa shape index (κ1) is 12.6. The summed E-state index contributed by atoms with van der Waals surface area (Å²) in [4.78, 5) is 0. The lowest BCUT2D eigenvalue weighted by Crippen LogP contribution is -2.25. The third-order valence-corrected chi connectivity index (χ3v) is 3.72. The second-order valence-electron chi connectivity index (χ2n) is 4.99. The molecule has 1 saturated carbocycles. The van der Waals surface area contributed by atoms with E-state index in [1.807, 2.05) is 19.1 Å². The number of benzene rings is 1. The molecular weight excluding hydrogens is 212 g/mol. The Labute approximate surface area is 104 Å². The Morgan fingerprint density at radius 2 is 2.06 bits per heavy atom. The molecule has 1 aliphatic carbocycles. The molecule has 1 aromatic rings. The lowest BCUT2D eigenvalue weighted by molar-refractivity contribution is -0.0464. The summed E-state index contributed by atoms with van der Waals surface area (Å²) >= 11 is 0. The lowest BCUT2D eigenvalue weighted by Gasteiger charge is -2.24. The van der Waals surface area contributed by atoms with Crippen LogP contribution in [0.15, 0.2) is 18.2 Å². The minimum atomic E-state index is -0.484. The Morgan fingerprint density at radius 1 is 1.35 bits per heavy atom. The molecule has 2 atom stereocenters. The highest BCUT2D eigenvalue weighted by Crippen LogP contribution is 2.40. The molecule has 1 aliphatic rings. The second kappa shape index (κ2) is 5.19. The zero-order valence-electron chi connectivity index (χ0n) is 10.9. The second-order valence-corrected chi connectivity index (χ2v) is 4.99. The first-order chi connectivity index (χ1) is 8.15. The molecule has 0 heterocycles. The molecule has 0 aliphatic heterocycles. The van der Waals surface area contributed by atoms with Crippen molar-refractivity contribution in [2.24, 2.45) is 5.92 Å². The van der Waals surface area contributed by atoms with Crippen LogP contribution in [-0.2, 0) is 4.74 Å². The summed E-state index contributed by atoms with van der Waals surface area (Å²) in [5.74, 6) is 0.546. The van der Waals surface area contributed by atoms with Crippen LogP contribution in [0, 0.1) is 19.8 Å². The van der Waals surface area contributed by atoms with E-state index in [0.717, 1.165) is 5.56 Å². The van der Waals surface area contributed by atoms with Crippen LogP contribution in [0.1, 0.15) is 42.6 Å². The van der Waals surface area contributed by atoms with Gasteiger partial charge in [-0.15, -0.1) is 0 Å². The van der Waals surface area contributed by atoms with E-state index in [9.17, 15) is 5.11 Å². The summed E-state index contributed by atoms with van der Waals surface area (Å²) in [5.41, 5.74) is 3.44. The van der Waals surface area contributed by atoms with Gasteiger partial charge in [-0.3, -0.25) is 0 Å². The Morgan fingerprint density at radius 3 is 2.65 bits per heavy atom. The molecule has 94 valence electrons. The molecule has 17 heavy (non-hydrogen) atoms. The van der Waals surface area contributed by atoms with E-state index < -0.39 is 6.10 Å². The molecule has 2 nitrogen and oxygen atoms in total. The van der Waals surface area contributed by atoms with Crippen molar-refractivity contribution >= 4 is 0 Å². The number of aliphatic hydroxyl groups is 1. The summed E-state index contributed by atoms with van der Waals surface area (Å²) in [7, 11) is 0. The van der Waals surface area contributed by atoms with Crippen molar-refractivity contribution < 1.29 is 9.84 Å². The van der Waals surface area contributed by atoms with E-state index in [4.69, 9.17) is 4.74 Å². The van der Waals surface area contributed by atoms with Gasteiger partial charge >= 0.3 is 0 Å². The molecular formula is C15H22O2. The fraction of sp³-hybridized carbons (Fsp3) is 0.600. The first-order valence-corrected chi connectivity index (χ1v) is 6.51. The predicted molar refractivity (Wildman–Crippen MR) is 69.0 cm³/mol. The third-order valence-electron chi connectivity index (χ3n) is 3.72. The quantitative estimate of drug-likeness (QED) is 0.848. The highest BCUT2D eigenvalue weighted by Gasteiger charge is 2.37. The molecule has 0 radical (unpaired) electrons. The van der Waals surface area contributed by atoms with Crippen molar-refractivity contribution in [3.63, 3.8) is 0 Å². The fourth-order valence-corrected chi connectivity index (χ4v) is 2.37. The highest BCUT2D eigenvalue weighted by atomic mass is 16.5. The number of hydrogen-bond acceptors (Lipinski definition) is 2. The summed E-state index contributed by atoms with van der Waals surface area (Å²) in [6, 6.07) is 6.11. The SMILES string of the molecule is CCOC(C1CC1)C(O)c1cccc(C)c1C. The summed E-state index contributed by atoms with van der Waals surface area (Å²) in [6.07, 6.45) is 1.86.